The fourth-order valence-corrected chi connectivity index (χ4v) is 4.25. The van der Waals surface area contributed by atoms with Gasteiger partial charge in [0.2, 0.25) is 0 Å². The summed E-state index contributed by atoms with van der Waals surface area (Å²) in [5, 5.41) is 13.9. The fraction of sp³-hybridized carbons (Fsp3) is 0.174. The average Bonchev–Trinajstić information content (AvgIpc) is 2.94. The molecular formula is C23H20N4O2S. The summed E-state index contributed by atoms with van der Waals surface area (Å²) in [6.45, 7) is 4.11. The van der Waals surface area contributed by atoms with Gasteiger partial charge in [-0.1, -0.05) is 35.5 Å². The standard InChI is InChI=1S/C23H20N4O2S/c1-3-29-20(28)12-17-14-30-23(26-16-9-7-15(2)8-10-16)22-21(25-17)18(13-24)19-6-4-5-11-27(19)22/h4-12,25H,3,14H2,1-2H3/b17-12-,26-23?. The molecule has 0 atom stereocenters. The number of benzene rings is 1. The van der Waals surface area contributed by atoms with Crippen LogP contribution >= 0.6 is 11.8 Å². The minimum atomic E-state index is -0.414. The van der Waals surface area contributed by atoms with Crippen LogP contribution in [0.1, 0.15) is 23.7 Å². The molecule has 1 aromatic carbocycles. The van der Waals surface area contributed by atoms with Crippen LogP contribution in [0.15, 0.2) is 65.4 Å². The van der Waals surface area contributed by atoms with Gasteiger partial charge in [-0.3, -0.25) is 0 Å². The lowest BCUT2D eigenvalue weighted by atomic mass is 10.2. The van der Waals surface area contributed by atoms with Gasteiger partial charge in [0, 0.05) is 23.7 Å². The lowest BCUT2D eigenvalue weighted by Crippen LogP contribution is -2.07. The average molecular weight is 417 g/mol. The van der Waals surface area contributed by atoms with Gasteiger partial charge in [0.1, 0.15) is 22.4 Å². The molecule has 0 fully saturated rings. The number of aliphatic imine (C=N–C) groups is 1. The normalized spacial score (nSPS) is 16.0. The van der Waals surface area contributed by atoms with Crippen molar-refractivity contribution in [3.8, 4) is 6.07 Å². The van der Waals surface area contributed by atoms with E-state index in [1.54, 1.807) is 6.92 Å². The molecule has 0 bridgehead atoms. The molecule has 1 aliphatic heterocycles. The molecule has 30 heavy (non-hydrogen) atoms. The van der Waals surface area contributed by atoms with E-state index in [1.165, 1.54) is 17.8 Å². The van der Waals surface area contributed by atoms with Crippen LogP contribution in [0.4, 0.5) is 11.4 Å². The van der Waals surface area contributed by atoms with Crippen LogP contribution < -0.4 is 5.32 Å². The molecule has 0 unspecified atom stereocenters. The van der Waals surface area contributed by atoms with Gasteiger partial charge in [0.15, 0.2) is 0 Å². The summed E-state index contributed by atoms with van der Waals surface area (Å²) in [5.41, 5.74) is 5.41. The molecule has 150 valence electrons. The predicted molar refractivity (Wildman–Crippen MR) is 120 cm³/mol. The third-order valence-corrected chi connectivity index (χ3v) is 5.66. The molecule has 0 saturated carbocycles. The van der Waals surface area contributed by atoms with Crippen LogP contribution in [-0.4, -0.2) is 27.8 Å². The zero-order valence-electron chi connectivity index (χ0n) is 16.7. The highest BCUT2D eigenvalue weighted by molar-refractivity contribution is 8.14. The van der Waals surface area contributed by atoms with Crippen molar-refractivity contribution in [2.75, 3.05) is 17.7 Å². The van der Waals surface area contributed by atoms with Crippen molar-refractivity contribution in [2.45, 2.75) is 13.8 Å². The van der Waals surface area contributed by atoms with E-state index in [9.17, 15) is 10.1 Å². The number of nitriles is 1. The summed E-state index contributed by atoms with van der Waals surface area (Å²) in [7, 11) is 0. The number of anilines is 1. The Morgan fingerprint density at radius 2 is 2.13 bits per heavy atom. The number of hydrogen-bond donors (Lipinski definition) is 1. The fourth-order valence-electron chi connectivity index (χ4n) is 3.29. The van der Waals surface area contributed by atoms with Gasteiger partial charge in [0.25, 0.3) is 0 Å². The number of carbonyl (C=O) groups is 1. The Bertz CT molecular complexity index is 1220. The van der Waals surface area contributed by atoms with E-state index in [1.807, 2.05) is 60.0 Å². The van der Waals surface area contributed by atoms with Gasteiger partial charge in [-0.15, -0.1) is 0 Å². The Morgan fingerprint density at radius 1 is 1.33 bits per heavy atom. The smallest absolute Gasteiger partial charge is 0.332 e. The lowest BCUT2D eigenvalue weighted by Gasteiger charge is -2.06. The van der Waals surface area contributed by atoms with Crippen molar-refractivity contribution in [2.24, 2.45) is 4.99 Å². The molecule has 3 aromatic rings. The molecular weight excluding hydrogens is 396 g/mol. The minimum Gasteiger partial charge on any atom is -0.463 e. The van der Waals surface area contributed by atoms with Gasteiger partial charge in [-0.2, -0.15) is 5.26 Å². The molecule has 6 nitrogen and oxygen atoms in total. The van der Waals surface area contributed by atoms with Crippen molar-refractivity contribution >= 4 is 39.7 Å². The third kappa shape index (κ3) is 3.82. The molecule has 1 aliphatic rings. The van der Waals surface area contributed by atoms with Crippen LogP contribution in [0.25, 0.3) is 5.52 Å². The number of thioether (sulfide) groups is 1. The quantitative estimate of drug-likeness (QED) is 0.490. The molecule has 0 spiro atoms. The Hall–Kier alpha value is -3.50. The van der Waals surface area contributed by atoms with Crippen molar-refractivity contribution in [1.29, 1.82) is 5.26 Å². The number of nitrogens with one attached hydrogen (secondary N) is 1. The Kier molecular flexibility index (Phi) is 5.59. The highest BCUT2D eigenvalue weighted by Crippen LogP contribution is 2.37. The number of ether oxygens (including phenoxy) is 1. The van der Waals surface area contributed by atoms with Crippen molar-refractivity contribution in [1.82, 2.24) is 4.40 Å². The molecule has 0 radical (unpaired) electrons. The molecule has 1 N–H and O–H groups in total. The van der Waals surface area contributed by atoms with E-state index in [-0.39, 0.29) is 0 Å². The number of aromatic nitrogens is 1. The topological polar surface area (TPSA) is 78.9 Å². The van der Waals surface area contributed by atoms with Gasteiger partial charge < -0.3 is 14.5 Å². The second kappa shape index (κ2) is 8.47. The Morgan fingerprint density at radius 3 is 2.87 bits per heavy atom. The molecule has 3 heterocycles. The maximum atomic E-state index is 12.0. The Labute approximate surface area is 178 Å². The molecule has 7 heteroatoms. The molecule has 2 aromatic heterocycles. The summed E-state index contributed by atoms with van der Waals surface area (Å²) >= 11 is 1.51. The SMILES string of the molecule is CCOC(=O)/C=C1/CSC(=Nc2ccc(C)cc2)c2c(c(C#N)c3ccccn23)N1. The number of pyridine rings is 1. The molecule has 4 rings (SSSR count). The van der Waals surface area contributed by atoms with Crippen LogP contribution in [0.3, 0.4) is 0 Å². The molecule has 0 saturated heterocycles. The Balaban J connectivity index is 1.90. The molecule has 0 aliphatic carbocycles. The van der Waals surface area contributed by atoms with Gasteiger partial charge >= 0.3 is 5.97 Å². The van der Waals surface area contributed by atoms with E-state index in [2.05, 4.69) is 11.4 Å². The summed E-state index contributed by atoms with van der Waals surface area (Å²) in [6, 6.07) is 16.0. The zero-order chi connectivity index (χ0) is 21.1. The summed E-state index contributed by atoms with van der Waals surface area (Å²) in [5.74, 6) is 0.0844. The largest absolute Gasteiger partial charge is 0.463 e. The summed E-state index contributed by atoms with van der Waals surface area (Å²) in [6.07, 6.45) is 3.36. The third-order valence-electron chi connectivity index (χ3n) is 4.65. The van der Waals surface area contributed by atoms with Crippen LogP contribution in [0.2, 0.25) is 0 Å². The van der Waals surface area contributed by atoms with Gasteiger partial charge in [-0.05, 0) is 38.1 Å². The number of fused-ring (bicyclic) bond motifs is 3. The van der Waals surface area contributed by atoms with Crippen LogP contribution in [-0.2, 0) is 9.53 Å². The number of hydrogen-bond acceptors (Lipinski definition) is 6. The predicted octanol–water partition coefficient (Wildman–Crippen LogP) is 4.80. The van der Waals surface area contributed by atoms with Crippen molar-refractivity contribution in [3.05, 3.63) is 77.3 Å². The number of nitrogens with zero attached hydrogens (tertiary/aromatic N) is 3. The summed E-state index contributed by atoms with van der Waals surface area (Å²) in [4.78, 5) is 16.9. The first-order valence-electron chi connectivity index (χ1n) is 9.56. The first-order valence-corrected chi connectivity index (χ1v) is 10.5. The monoisotopic (exact) mass is 416 g/mol. The van der Waals surface area contributed by atoms with Crippen molar-refractivity contribution < 1.29 is 9.53 Å². The maximum Gasteiger partial charge on any atom is 0.332 e. The van der Waals surface area contributed by atoms with Crippen LogP contribution in [0.5, 0.6) is 0 Å². The zero-order valence-corrected chi connectivity index (χ0v) is 17.5. The van der Waals surface area contributed by atoms with E-state index < -0.39 is 5.97 Å². The number of esters is 1. The maximum absolute atomic E-state index is 12.0. The van der Waals surface area contributed by atoms with Gasteiger partial charge in [0.05, 0.1) is 23.5 Å². The van der Waals surface area contributed by atoms with E-state index in [4.69, 9.17) is 9.73 Å². The van der Waals surface area contributed by atoms with E-state index in [0.29, 0.717) is 29.3 Å². The number of rotatable bonds is 3. The van der Waals surface area contributed by atoms with Crippen molar-refractivity contribution in [3.63, 3.8) is 0 Å². The first-order chi connectivity index (χ1) is 14.6. The number of aryl methyl sites for hydroxylation is 1. The van der Waals surface area contributed by atoms with E-state index >= 15 is 0 Å². The second-order valence-corrected chi connectivity index (χ2v) is 7.72. The van der Waals surface area contributed by atoms with Crippen LogP contribution in [0, 0.1) is 18.3 Å². The molecule has 0 amide bonds. The number of carbonyl (C=O) groups excluding carboxylic acids is 1. The first kappa shape index (κ1) is 19.8. The lowest BCUT2D eigenvalue weighted by molar-refractivity contribution is -0.137. The van der Waals surface area contributed by atoms with Gasteiger partial charge in [-0.25, -0.2) is 9.79 Å². The highest BCUT2D eigenvalue weighted by atomic mass is 32.2. The highest BCUT2D eigenvalue weighted by Gasteiger charge is 2.26. The van der Waals surface area contributed by atoms with E-state index in [0.717, 1.165) is 27.5 Å². The second-order valence-electron chi connectivity index (χ2n) is 6.75. The minimum absolute atomic E-state index is 0.306. The summed E-state index contributed by atoms with van der Waals surface area (Å²) < 4.78 is 7.02.